The summed E-state index contributed by atoms with van der Waals surface area (Å²) in [7, 11) is 0. The van der Waals surface area contributed by atoms with Gasteiger partial charge in [-0.1, -0.05) is 0 Å². The molecule has 29 heavy (non-hydrogen) atoms. The number of morpholine rings is 1. The van der Waals surface area contributed by atoms with Gasteiger partial charge in [-0.2, -0.15) is 0 Å². The smallest absolute Gasteiger partial charge is 0.194 e. The molecule has 164 valence electrons. The number of hydrogen-bond donors (Lipinski definition) is 1. The number of thiazole rings is 1. The molecule has 2 atom stereocenters. The lowest BCUT2D eigenvalue weighted by Gasteiger charge is -2.37. The minimum atomic E-state index is 0. The van der Waals surface area contributed by atoms with Crippen LogP contribution in [-0.4, -0.2) is 67.4 Å². The molecule has 2 unspecified atom stereocenters. The topological polar surface area (TPSA) is 59.0 Å². The second-order valence-corrected chi connectivity index (χ2v) is 9.10. The molecule has 2 saturated heterocycles. The Kier molecular flexibility index (Phi) is 9.46. The van der Waals surface area contributed by atoms with Crippen molar-refractivity contribution in [2.24, 2.45) is 4.99 Å². The predicted molar refractivity (Wildman–Crippen MR) is 129 cm³/mol. The summed E-state index contributed by atoms with van der Waals surface area (Å²) >= 11 is 1.93. The molecule has 1 aliphatic carbocycles. The van der Waals surface area contributed by atoms with Crippen LogP contribution in [0.3, 0.4) is 0 Å². The summed E-state index contributed by atoms with van der Waals surface area (Å²) in [6, 6.07) is 0. The van der Waals surface area contributed by atoms with Crippen molar-refractivity contribution in [3.05, 3.63) is 15.6 Å². The first-order valence-electron chi connectivity index (χ1n) is 11.1. The van der Waals surface area contributed by atoms with Crippen molar-refractivity contribution in [2.75, 3.05) is 39.4 Å². The van der Waals surface area contributed by atoms with Crippen molar-refractivity contribution in [1.82, 2.24) is 15.2 Å². The van der Waals surface area contributed by atoms with E-state index in [0.29, 0.717) is 0 Å². The molecule has 0 saturated carbocycles. The third kappa shape index (κ3) is 6.27. The van der Waals surface area contributed by atoms with Gasteiger partial charge < -0.3 is 19.7 Å². The summed E-state index contributed by atoms with van der Waals surface area (Å²) in [5.41, 5.74) is 1.37. The Morgan fingerprint density at radius 1 is 1.21 bits per heavy atom. The summed E-state index contributed by atoms with van der Waals surface area (Å²) in [6.45, 7) is 7.25. The lowest BCUT2D eigenvalue weighted by molar-refractivity contribution is -0.0817. The van der Waals surface area contributed by atoms with Crippen molar-refractivity contribution in [3.63, 3.8) is 0 Å². The zero-order valence-corrected chi connectivity index (χ0v) is 20.7. The molecule has 0 bridgehead atoms. The van der Waals surface area contributed by atoms with Crippen LogP contribution in [0, 0.1) is 0 Å². The number of guanidine groups is 1. The van der Waals surface area contributed by atoms with E-state index in [0.717, 1.165) is 71.0 Å². The van der Waals surface area contributed by atoms with Crippen molar-refractivity contribution in [2.45, 2.75) is 70.5 Å². The zero-order chi connectivity index (χ0) is 19.2. The average Bonchev–Trinajstić information content (AvgIpc) is 3.40. The summed E-state index contributed by atoms with van der Waals surface area (Å²) in [4.78, 5) is 13.7. The third-order valence-electron chi connectivity index (χ3n) is 5.81. The number of nitrogens with zero attached hydrogens (tertiary/aromatic N) is 3. The van der Waals surface area contributed by atoms with Crippen LogP contribution < -0.4 is 5.32 Å². The van der Waals surface area contributed by atoms with Crippen LogP contribution >= 0.6 is 35.3 Å². The molecule has 0 amide bonds. The minimum Gasteiger partial charge on any atom is -0.375 e. The van der Waals surface area contributed by atoms with Gasteiger partial charge in [-0.3, -0.25) is 4.99 Å². The molecule has 0 aromatic carbocycles. The van der Waals surface area contributed by atoms with Crippen LogP contribution in [0.5, 0.6) is 0 Å². The molecule has 1 aromatic rings. The van der Waals surface area contributed by atoms with E-state index in [2.05, 4.69) is 17.1 Å². The monoisotopic (exact) mass is 534 g/mol. The Morgan fingerprint density at radius 3 is 2.86 bits per heavy atom. The highest BCUT2D eigenvalue weighted by atomic mass is 127. The van der Waals surface area contributed by atoms with Crippen LogP contribution in [0.15, 0.2) is 4.99 Å². The highest BCUT2D eigenvalue weighted by molar-refractivity contribution is 14.0. The molecule has 3 heterocycles. The van der Waals surface area contributed by atoms with E-state index in [1.54, 1.807) is 0 Å². The number of halogens is 1. The molecule has 0 radical (unpaired) electrons. The third-order valence-corrected chi connectivity index (χ3v) is 7.02. The quantitative estimate of drug-likeness (QED) is 0.263. The standard InChI is InChI=1S/C21H34N4O2S.HI/c1-2-22-21(25-12-14-27-18(15-25)17-8-6-13-26-17)23-11-5-10-20-24-16-7-3-4-9-19(16)28-20;/h17-18H,2-15H2,1H3,(H,22,23);1H. The number of aliphatic imine (C=N–C) groups is 1. The Morgan fingerprint density at radius 2 is 2.07 bits per heavy atom. The van der Waals surface area contributed by atoms with Gasteiger partial charge >= 0.3 is 0 Å². The van der Waals surface area contributed by atoms with Crippen LogP contribution in [0.2, 0.25) is 0 Å². The fourth-order valence-electron chi connectivity index (χ4n) is 4.34. The van der Waals surface area contributed by atoms with Crippen LogP contribution in [0.1, 0.15) is 54.6 Å². The summed E-state index contributed by atoms with van der Waals surface area (Å²) in [5.74, 6) is 1.02. The Hall–Kier alpha value is -0.450. The number of ether oxygens (including phenoxy) is 2. The maximum absolute atomic E-state index is 5.99. The van der Waals surface area contributed by atoms with Gasteiger partial charge in [0.05, 0.1) is 23.4 Å². The Balaban J connectivity index is 0.00000240. The van der Waals surface area contributed by atoms with Gasteiger partial charge in [0.2, 0.25) is 0 Å². The normalized spacial score (nSPS) is 24.9. The average molecular weight is 535 g/mol. The molecule has 8 heteroatoms. The van der Waals surface area contributed by atoms with Gasteiger partial charge in [0.15, 0.2) is 5.96 Å². The molecule has 4 rings (SSSR count). The number of hydrogen-bond acceptors (Lipinski definition) is 5. The van der Waals surface area contributed by atoms with E-state index in [4.69, 9.17) is 19.5 Å². The van der Waals surface area contributed by atoms with Crippen molar-refractivity contribution in [1.29, 1.82) is 0 Å². The summed E-state index contributed by atoms with van der Waals surface area (Å²) < 4.78 is 11.8. The predicted octanol–water partition coefficient (Wildman–Crippen LogP) is 3.42. The van der Waals surface area contributed by atoms with E-state index in [1.165, 1.54) is 41.3 Å². The number of fused-ring (bicyclic) bond motifs is 1. The van der Waals surface area contributed by atoms with Gasteiger partial charge in [0, 0.05) is 44.1 Å². The number of aromatic nitrogens is 1. The number of aryl methyl sites for hydroxylation is 3. The molecule has 1 aromatic heterocycles. The van der Waals surface area contributed by atoms with E-state index < -0.39 is 0 Å². The minimum absolute atomic E-state index is 0. The molecular formula is C21H35IN4O2S. The fraction of sp³-hybridized carbons (Fsp3) is 0.810. The molecule has 6 nitrogen and oxygen atoms in total. The Labute approximate surface area is 195 Å². The van der Waals surface area contributed by atoms with Crippen LogP contribution in [-0.2, 0) is 28.7 Å². The first-order chi connectivity index (χ1) is 13.8. The van der Waals surface area contributed by atoms with Crippen LogP contribution in [0.4, 0.5) is 0 Å². The zero-order valence-electron chi connectivity index (χ0n) is 17.5. The molecule has 2 fully saturated rings. The number of rotatable bonds is 6. The van der Waals surface area contributed by atoms with Gasteiger partial charge in [0.1, 0.15) is 6.10 Å². The second kappa shape index (κ2) is 11.8. The molecule has 2 aliphatic heterocycles. The summed E-state index contributed by atoms with van der Waals surface area (Å²) in [5, 5.41) is 4.77. The van der Waals surface area contributed by atoms with E-state index >= 15 is 0 Å². The maximum atomic E-state index is 5.99. The molecule has 1 N–H and O–H groups in total. The van der Waals surface area contributed by atoms with E-state index in [9.17, 15) is 0 Å². The largest absolute Gasteiger partial charge is 0.375 e. The summed E-state index contributed by atoms with van der Waals surface area (Å²) in [6.07, 6.45) is 9.83. The lowest BCUT2D eigenvalue weighted by Crippen LogP contribution is -2.53. The van der Waals surface area contributed by atoms with Gasteiger partial charge in [-0.15, -0.1) is 35.3 Å². The maximum Gasteiger partial charge on any atom is 0.194 e. The first-order valence-corrected chi connectivity index (χ1v) is 11.9. The molecule has 3 aliphatic rings. The van der Waals surface area contributed by atoms with Crippen molar-refractivity contribution in [3.8, 4) is 0 Å². The highest BCUT2D eigenvalue weighted by Gasteiger charge is 2.32. The lowest BCUT2D eigenvalue weighted by atomic mass is 10.0. The van der Waals surface area contributed by atoms with Gasteiger partial charge in [-0.05, 0) is 51.9 Å². The Bertz CT molecular complexity index is 640. The molecular weight excluding hydrogens is 499 g/mol. The van der Waals surface area contributed by atoms with Crippen LogP contribution in [0.25, 0.3) is 0 Å². The fourth-order valence-corrected chi connectivity index (χ4v) is 5.54. The van der Waals surface area contributed by atoms with Crippen molar-refractivity contribution < 1.29 is 9.47 Å². The van der Waals surface area contributed by atoms with E-state index in [1.807, 2.05) is 11.3 Å². The SMILES string of the molecule is CCNC(=NCCCc1nc2c(s1)CCCC2)N1CCOC(C2CCCO2)C1.I. The van der Waals surface area contributed by atoms with E-state index in [-0.39, 0.29) is 36.2 Å². The highest BCUT2D eigenvalue weighted by Crippen LogP contribution is 2.27. The molecule has 0 spiro atoms. The van der Waals surface area contributed by atoms with Crippen molar-refractivity contribution >= 4 is 41.3 Å². The second-order valence-electron chi connectivity index (χ2n) is 7.93. The first kappa shape index (κ1) is 23.2. The number of nitrogens with one attached hydrogen (secondary N) is 1. The van der Waals surface area contributed by atoms with Gasteiger partial charge in [-0.25, -0.2) is 4.98 Å². The van der Waals surface area contributed by atoms with Gasteiger partial charge in [0.25, 0.3) is 0 Å².